The number of nitriles is 1. The van der Waals surface area contributed by atoms with Gasteiger partial charge < -0.3 is 9.84 Å². The van der Waals surface area contributed by atoms with Gasteiger partial charge in [0.05, 0.1) is 12.1 Å². The van der Waals surface area contributed by atoms with E-state index in [4.69, 9.17) is 10.4 Å². The third-order valence-electron chi connectivity index (χ3n) is 0.478. The quantitative estimate of drug-likeness (QED) is 0.296. The molecule has 0 aliphatic rings. The highest BCUT2D eigenvalue weighted by Crippen LogP contribution is 1.75. The van der Waals surface area contributed by atoms with E-state index < -0.39 is 6.16 Å². The topological polar surface area (TPSA) is 70.3 Å². The van der Waals surface area contributed by atoms with Crippen LogP contribution in [-0.4, -0.2) is 11.3 Å². The lowest BCUT2D eigenvalue weighted by Crippen LogP contribution is -1.90. The highest BCUT2D eigenvalue weighted by Gasteiger charge is 1.86. The average molecular weight is 167 g/mol. The smallest absolute Gasteiger partial charge is 0.449 e. The Morgan fingerprint density at radius 3 is 2.25 bits per heavy atom. The van der Waals surface area contributed by atoms with Crippen LogP contribution < -0.4 is 0 Å². The van der Waals surface area contributed by atoms with E-state index in [0.717, 1.165) is 12.3 Å². The summed E-state index contributed by atoms with van der Waals surface area (Å²) >= 11 is 0. The molecule has 0 heterocycles. The molecule has 0 amide bonds. The normalized spacial score (nSPS) is 7.25. The molecule has 0 fully saturated rings. The molecular formula is C8H9NO3. The van der Waals surface area contributed by atoms with Gasteiger partial charge in [-0.1, -0.05) is 25.3 Å². The Labute approximate surface area is 70.7 Å². The summed E-state index contributed by atoms with van der Waals surface area (Å²) in [5, 5.41) is 15.5. The van der Waals surface area contributed by atoms with E-state index in [-0.39, 0.29) is 0 Å². The van der Waals surface area contributed by atoms with Crippen LogP contribution in [0.5, 0.6) is 0 Å². The molecule has 0 spiro atoms. The molecule has 0 aromatic heterocycles. The number of ether oxygens (including phenoxy) is 1. The number of carbonyl (C=O) groups is 1. The van der Waals surface area contributed by atoms with Crippen LogP contribution in [0.4, 0.5) is 4.79 Å². The van der Waals surface area contributed by atoms with E-state index >= 15 is 0 Å². The first-order valence-electron chi connectivity index (χ1n) is 2.86. The molecule has 0 saturated carbocycles. The van der Waals surface area contributed by atoms with Crippen LogP contribution >= 0.6 is 0 Å². The zero-order valence-electron chi connectivity index (χ0n) is 6.43. The molecule has 0 aromatic carbocycles. The van der Waals surface area contributed by atoms with Gasteiger partial charge in [0, 0.05) is 0 Å². The Bertz CT molecular complexity index is 207. The highest BCUT2D eigenvalue weighted by atomic mass is 16.7. The maximum absolute atomic E-state index is 9.49. The van der Waals surface area contributed by atoms with Crippen LogP contribution in [0.2, 0.25) is 0 Å². The summed E-state index contributed by atoms with van der Waals surface area (Å²) < 4.78 is 3.80. The van der Waals surface area contributed by atoms with E-state index in [1.165, 1.54) is 0 Å². The van der Waals surface area contributed by atoms with Crippen molar-refractivity contribution < 1.29 is 14.6 Å². The first kappa shape index (κ1) is 12.6. The summed E-state index contributed by atoms with van der Waals surface area (Å²) in [6.45, 7) is 6.72. The molecule has 0 aromatic rings. The molecule has 0 bridgehead atoms. The molecule has 0 radical (unpaired) electrons. The summed E-state index contributed by atoms with van der Waals surface area (Å²) in [5.74, 6) is 0. The lowest BCUT2D eigenvalue weighted by molar-refractivity contribution is 0.128. The van der Waals surface area contributed by atoms with Gasteiger partial charge in [0.2, 0.25) is 0 Å². The van der Waals surface area contributed by atoms with Gasteiger partial charge in [-0.25, -0.2) is 4.79 Å². The van der Waals surface area contributed by atoms with Gasteiger partial charge in [-0.3, -0.25) is 0 Å². The van der Waals surface area contributed by atoms with Gasteiger partial charge >= 0.3 is 6.16 Å². The van der Waals surface area contributed by atoms with Crippen molar-refractivity contribution in [2.24, 2.45) is 0 Å². The summed E-state index contributed by atoms with van der Waals surface area (Å²) in [5.41, 5.74) is 0. The molecule has 0 atom stereocenters. The van der Waals surface area contributed by atoms with Gasteiger partial charge in [0.15, 0.2) is 0 Å². The monoisotopic (exact) mass is 167 g/mol. The van der Waals surface area contributed by atoms with Crippen LogP contribution in [0.3, 0.4) is 0 Å². The minimum atomic E-state index is -1.42. The Kier molecular flexibility index (Phi) is 12.4. The lowest BCUT2D eigenvalue weighted by Gasteiger charge is -1.82. The molecule has 0 aliphatic carbocycles. The fraction of sp³-hybridized carbons (Fsp3) is 0. The largest absolute Gasteiger partial charge is 0.510 e. The highest BCUT2D eigenvalue weighted by molar-refractivity contribution is 5.57. The van der Waals surface area contributed by atoms with Gasteiger partial charge in [-0.2, -0.15) is 5.26 Å². The zero-order valence-corrected chi connectivity index (χ0v) is 6.43. The molecule has 0 aliphatic heterocycles. The minimum Gasteiger partial charge on any atom is -0.449 e. The molecule has 0 saturated heterocycles. The molecule has 0 unspecified atom stereocenters. The second-order valence-electron chi connectivity index (χ2n) is 1.29. The van der Waals surface area contributed by atoms with Crippen molar-refractivity contribution in [3.8, 4) is 6.07 Å². The lowest BCUT2D eigenvalue weighted by atomic mass is 10.6. The Balaban J connectivity index is 0. The number of hydrogen-bond acceptors (Lipinski definition) is 3. The third kappa shape index (κ3) is 24.5. The fourth-order valence-electron chi connectivity index (χ4n) is 0.123. The van der Waals surface area contributed by atoms with Crippen LogP contribution in [0.25, 0.3) is 0 Å². The third-order valence-corrected chi connectivity index (χ3v) is 0.478. The van der Waals surface area contributed by atoms with Gasteiger partial charge in [-0.05, 0) is 0 Å². The molecule has 4 heteroatoms. The predicted octanol–water partition coefficient (Wildman–Crippen LogP) is 2.08. The van der Waals surface area contributed by atoms with Crippen LogP contribution in [0.1, 0.15) is 0 Å². The van der Waals surface area contributed by atoms with Crippen molar-refractivity contribution in [1.29, 1.82) is 5.26 Å². The van der Waals surface area contributed by atoms with Crippen LogP contribution in [0, 0.1) is 11.3 Å². The van der Waals surface area contributed by atoms with Crippen molar-refractivity contribution in [2.45, 2.75) is 0 Å². The maximum Gasteiger partial charge on any atom is 0.510 e. The standard InChI is InChI=1S/C4H3NO3.C4H6/c5-2-1-3-8-4(6)7;1-3-4-2/h1,3H,(H,6,7);3-4H,1-2H2. The second-order valence-corrected chi connectivity index (χ2v) is 1.29. The van der Waals surface area contributed by atoms with E-state index in [9.17, 15) is 4.79 Å². The first-order chi connectivity index (χ1) is 5.68. The number of rotatable bonds is 2. The van der Waals surface area contributed by atoms with Crippen molar-refractivity contribution in [3.05, 3.63) is 37.6 Å². The summed E-state index contributed by atoms with van der Waals surface area (Å²) in [7, 11) is 0. The van der Waals surface area contributed by atoms with Crippen molar-refractivity contribution in [3.63, 3.8) is 0 Å². The average Bonchev–Trinajstić information content (AvgIpc) is 2.05. The van der Waals surface area contributed by atoms with E-state index in [0.29, 0.717) is 0 Å². The molecule has 12 heavy (non-hydrogen) atoms. The van der Waals surface area contributed by atoms with E-state index in [1.807, 2.05) is 0 Å². The maximum atomic E-state index is 9.49. The summed E-state index contributed by atoms with van der Waals surface area (Å²) in [4.78, 5) is 9.49. The van der Waals surface area contributed by atoms with Gasteiger partial charge in [0.25, 0.3) is 0 Å². The molecule has 64 valence electrons. The number of hydrogen-bond donors (Lipinski definition) is 1. The van der Waals surface area contributed by atoms with Crippen molar-refractivity contribution >= 4 is 6.16 Å². The van der Waals surface area contributed by atoms with E-state index in [2.05, 4.69) is 17.9 Å². The number of carboxylic acid groups (broad SMARTS) is 1. The molecule has 4 nitrogen and oxygen atoms in total. The summed E-state index contributed by atoms with van der Waals surface area (Å²) in [6.07, 6.45) is 3.58. The number of nitrogens with zero attached hydrogens (tertiary/aromatic N) is 1. The van der Waals surface area contributed by atoms with Crippen LogP contribution in [-0.2, 0) is 4.74 Å². The second kappa shape index (κ2) is 11.7. The Morgan fingerprint density at radius 2 is 2.00 bits per heavy atom. The molecular weight excluding hydrogens is 158 g/mol. The Morgan fingerprint density at radius 1 is 1.50 bits per heavy atom. The Hall–Kier alpha value is -2.02. The van der Waals surface area contributed by atoms with Crippen molar-refractivity contribution in [2.75, 3.05) is 0 Å². The summed E-state index contributed by atoms with van der Waals surface area (Å²) in [6, 6.07) is 1.55. The van der Waals surface area contributed by atoms with Gasteiger partial charge in [0.1, 0.15) is 6.26 Å². The van der Waals surface area contributed by atoms with Crippen LogP contribution in [0.15, 0.2) is 37.6 Å². The molecule has 1 N–H and O–H groups in total. The number of allylic oxidation sites excluding steroid dienone is 3. The van der Waals surface area contributed by atoms with Gasteiger partial charge in [-0.15, -0.1) is 0 Å². The van der Waals surface area contributed by atoms with Crippen molar-refractivity contribution in [1.82, 2.24) is 0 Å². The SMILES string of the molecule is C=CC=C.N#CC=COC(=O)O. The minimum absolute atomic E-state index is 0.794. The fourth-order valence-corrected chi connectivity index (χ4v) is 0.123. The van der Waals surface area contributed by atoms with E-state index in [1.54, 1.807) is 18.2 Å². The zero-order chi connectivity index (χ0) is 9.82. The molecule has 0 rings (SSSR count). The predicted molar refractivity (Wildman–Crippen MR) is 44.3 cm³/mol. The first-order valence-corrected chi connectivity index (χ1v) is 2.86.